The lowest BCUT2D eigenvalue weighted by atomic mass is 10.1. The van der Waals surface area contributed by atoms with Gasteiger partial charge in [-0.05, 0) is 24.3 Å². The molecule has 2 saturated heterocycles. The van der Waals surface area contributed by atoms with Crippen LogP contribution >= 0.6 is 38.6 Å². The highest BCUT2D eigenvalue weighted by molar-refractivity contribution is 9.10. The molecule has 18 heteroatoms. The Hall–Kier alpha value is -4.21. The normalized spacial score (nSPS) is 18.0. The van der Waals surface area contributed by atoms with Crippen LogP contribution in [0, 0.1) is 11.3 Å². The maximum absolute atomic E-state index is 12.6. The summed E-state index contributed by atoms with van der Waals surface area (Å²) in [5.74, 6) is 0. The number of carbonyl (C=O) groups is 2. The van der Waals surface area contributed by atoms with Gasteiger partial charge < -0.3 is 9.47 Å². The summed E-state index contributed by atoms with van der Waals surface area (Å²) in [5, 5.41) is 12.5. The van der Waals surface area contributed by atoms with Crippen molar-refractivity contribution in [1.29, 1.82) is 5.26 Å². The fourth-order valence-corrected chi connectivity index (χ4v) is 6.63. The van der Waals surface area contributed by atoms with Crippen LogP contribution in [0.4, 0.5) is 46.2 Å². The van der Waals surface area contributed by atoms with Gasteiger partial charge in [0.05, 0.1) is 47.9 Å². The number of alkyl halides is 6. The van der Waals surface area contributed by atoms with Crippen LogP contribution in [0.25, 0.3) is 22.5 Å². The zero-order valence-electron chi connectivity index (χ0n) is 23.6. The van der Waals surface area contributed by atoms with Crippen LogP contribution in [-0.2, 0) is 9.47 Å². The predicted molar refractivity (Wildman–Crippen MR) is 164 cm³/mol. The third-order valence-electron chi connectivity index (χ3n) is 6.70. The third-order valence-corrected chi connectivity index (χ3v) is 8.91. The quantitative estimate of drug-likeness (QED) is 0.181. The van der Waals surface area contributed by atoms with E-state index in [1.807, 2.05) is 30.3 Å². The van der Waals surface area contributed by atoms with Crippen molar-refractivity contribution in [2.45, 2.75) is 37.3 Å². The molecule has 2 atom stereocenters. The molecule has 4 heterocycles. The first-order valence-electron chi connectivity index (χ1n) is 13.4. The van der Waals surface area contributed by atoms with Crippen LogP contribution in [0.3, 0.4) is 0 Å². The van der Waals surface area contributed by atoms with Gasteiger partial charge >= 0.3 is 24.5 Å². The second-order valence-electron chi connectivity index (χ2n) is 10.1. The molecule has 2 aliphatic rings. The minimum atomic E-state index is -4.40. The van der Waals surface area contributed by atoms with Gasteiger partial charge in [-0.25, -0.2) is 29.4 Å². The van der Waals surface area contributed by atoms with Crippen molar-refractivity contribution in [2.24, 2.45) is 0 Å². The molecular formula is C29H20BrF6N5O4S2. The molecule has 2 amide bonds. The molecule has 9 nitrogen and oxygen atoms in total. The van der Waals surface area contributed by atoms with Crippen LogP contribution in [-0.4, -0.2) is 59.8 Å². The van der Waals surface area contributed by atoms with Crippen molar-refractivity contribution >= 4 is 61.1 Å². The number of benzene rings is 2. The summed E-state index contributed by atoms with van der Waals surface area (Å²) in [5.41, 5.74) is 3.13. The van der Waals surface area contributed by atoms with Gasteiger partial charge in [-0.2, -0.15) is 31.6 Å². The number of thiazole rings is 2. The first-order valence-corrected chi connectivity index (χ1v) is 16.0. The molecule has 0 spiro atoms. The standard InChI is InChI=1S/C15H10F3N3O2S.C14H10BrF3N2O2S/c16-15(17,18)5-11-7-23-14(22)21(11)13-20-12(8-24-13)10-3-1-9(6-19)2-4-10;15-9-3-1-8(2-4-9)11-7-23-12(19-11)20-10(5-14(16,17)18)6-22-13(20)21/h1-4,8,11H,5,7H2;1-4,7,10H,5-6H2/t11-;/m0./s1. The number of amides is 2. The monoisotopic (exact) mass is 759 g/mol. The van der Waals surface area contributed by atoms with Crippen molar-refractivity contribution in [3.63, 3.8) is 0 Å². The van der Waals surface area contributed by atoms with E-state index in [1.165, 1.54) is 0 Å². The number of ether oxygens (including phenoxy) is 2. The van der Waals surface area contributed by atoms with Gasteiger partial charge in [-0.3, -0.25) is 0 Å². The Morgan fingerprint density at radius 2 is 1.17 bits per heavy atom. The maximum Gasteiger partial charge on any atom is 0.416 e. The van der Waals surface area contributed by atoms with Gasteiger partial charge in [-0.1, -0.05) is 40.2 Å². The Labute approximate surface area is 279 Å². The highest BCUT2D eigenvalue weighted by Crippen LogP contribution is 2.36. The van der Waals surface area contributed by atoms with E-state index in [2.05, 4.69) is 25.9 Å². The Bertz CT molecular complexity index is 1770. The second-order valence-corrected chi connectivity index (χ2v) is 12.7. The highest BCUT2D eigenvalue weighted by Gasteiger charge is 2.44. The molecule has 1 unspecified atom stereocenters. The fourth-order valence-electron chi connectivity index (χ4n) is 4.58. The zero-order chi connectivity index (χ0) is 33.9. The number of nitrogens with zero attached hydrogens (tertiary/aromatic N) is 5. The first-order chi connectivity index (χ1) is 22.2. The third kappa shape index (κ3) is 8.58. The van der Waals surface area contributed by atoms with E-state index in [-0.39, 0.29) is 23.5 Å². The van der Waals surface area contributed by atoms with Crippen molar-refractivity contribution < 1.29 is 45.4 Å². The Morgan fingerprint density at radius 3 is 1.55 bits per heavy atom. The molecule has 0 saturated carbocycles. The highest BCUT2D eigenvalue weighted by atomic mass is 79.9. The molecule has 0 radical (unpaired) electrons. The lowest BCUT2D eigenvalue weighted by Gasteiger charge is -2.19. The zero-order valence-corrected chi connectivity index (χ0v) is 26.8. The summed E-state index contributed by atoms with van der Waals surface area (Å²) < 4.78 is 86.1. The number of anilines is 2. The van der Waals surface area contributed by atoms with Gasteiger partial charge in [0.25, 0.3) is 0 Å². The summed E-state index contributed by atoms with van der Waals surface area (Å²) >= 11 is 5.51. The van der Waals surface area contributed by atoms with E-state index in [1.54, 1.807) is 35.0 Å². The topological polar surface area (TPSA) is 109 Å². The number of aromatic nitrogens is 2. The number of cyclic esters (lactones) is 2. The lowest BCUT2D eigenvalue weighted by Crippen LogP contribution is -2.36. The van der Waals surface area contributed by atoms with E-state index < -0.39 is 49.5 Å². The molecule has 47 heavy (non-hydrogen) atoms. The minimum absolute atomic E-state index is 0.158. The second kappa shape index (κ2) is 13.9. The minimum Gasteiger partial charge on any atom is -0.447 e. The molecular weight excluding hydrogens is 740 g/mol. The number of halogens is 7. The number of carbonyl (C=O) groups excluding carboxylic acids is 2. The SMILES string of the molecule is N#Cc1ccc(-c2csc(N3C(=O)OC[C@@H]3CC(F)(F)F)n2)cc1.O=C1OCC(CC(F)(F)F)N1c1nc(-c2ccc(Br)cc2)cs1. The average molecular weight is 761 g/mol. The fraction of sp³-hybridized carbons (Fsp3) is 0.276. The Kier molecular flexibility index (Phi) is 10.1. The number of nitriles is 1. The van der Waals surface area contributed by atoms with Gasteiger partial charge in [0.1, 0.15) is 13.2 Å². The van der Waals surface area contributed by atoms with Gasteiger partial charge in [-0.15, -0.1) is 22.7 Å². The van der Waals surface area contributed by atoms with Gasteiger partial charge in [0.2, 0.25) is 0 Å². The summed E-state index contributed by atoms with van der Waals surface area (Å²) in [6, 6.07) is 13.8. The summed E-state index contributed by atoms with van der Waals surface area (Å²) in [6.07, 6.45) is -12.7. The molecule has 4 aromatic rings. The van der Waals surface area contributed by atoms with Crippen LogP contribution in [0.2, 0.25) is 0 Å². The largest absolute Gasteiger partial charge is 0.447 e. The van der Waals surface area contributed by atoms with Gasteiger partial charge in [0.15, 0.2) is 10.3 Å². The molecule has 2 aliphatic heterocycles. The smallest absolute Gasteiger partial charge is 0.416 e. The first kappa shape index (κ1) is 34.1. The Balaban J connectivity index is 0.000000185. The van der Waals surface area contributed by atoms with Crippen LogP contribution in [0.1, 0.15) is 18.4 Å². The molecule has 246 valence electrons. The summed E-state index contributed by atoms with van der Waals surface area (Å²) in [4.78, 5) is 34.0. The van der Waals surface area contributed by atoms with E-state index in [9.17, 15) is 35.9 Å². The van der Waals surface area contributed by atoms with E-state index in [0.717, 1.165) is 42.5 Å². The molecule has 2 aromatic carbocycles. The molecule has 0 aliphatic carbocycles. The van der Waals surface area contributed by atoms with Crippen LogP contribution in [0.5, 0.6) is 0 Å². The molecule has 2 fully saturated rings. The van der Waals surface area contributed by atoms with E-state index >= 15 is 0 Å². The average Bonchev–Trinajstić information content (AvgIpc) is 3.81. The molecule has 6 rings (SSSR count). The van der Waals surface area contributed by atoms with E-state index in [4.69, 9.17) is 14.7 Å². The van der Waals surface area contributed by atoms with Crippen molar-refractivity contribution in [1.82, 2.24) is 9.97 Å². The lowest BCUT2D eigenvalue weighted by molar-refractivity contribution is -0.139. The number of hydrogen-bond donors (Lipinski definition) is 0. The van der Waals surface area contributed by atoms with E-state index in [0.29, 0.717) is 22.5 Å². The molecule has 0 bridgehead atoms. The number of hydrogen-bond acceptors (Lipinski definition) is 9. The van der Waals surface area contributed by atoms with Crippen LogP contribution < -0.4 is 9.80 Å². The van der Waals surface area contributed by atoms with Crippen LogP contribution in [0.15, 0.2) is 63.8 Å². The number of rotatable bonds is 6. The Morgan fingerprint density at radius 1 is 0.766 bits per heavy atom. The summed E-state index contributed by atoms with van der Waals surface area (Å²) in [7, 11) is 0. The van der Waals surface area contributed by atoms with Crippen molar-refractivity contribution in [3.8, 4) is 28.6 Å². The van der Waals surface area contributed by atoms with Gasteiger partial charge in [0, 0.05) is 26.4 Å². The van der Waals surface area contributed by atoms with Crippen molar-refractivity contribution in [3.05, 3.63) is 69.3 Å². The predicted octanol–water partition coefficient (Wildman–Crippen LogP) is 8.81. The van der Waals surface area contributed by atoms with Crippen molar-refractivity contribution in [2.75, 3.05) is 23.0 Å². The molecule has 0 N–H and O–H groups in total. The summed E-state index contributed by atoms with van der Waals surface area (Å²) in [6.45, 7) is -0.602. The molecule has 2 aromatic heterocycles. The maximum atomic E-state index is 12.6.